The predicted molar refractivity (Wildman–Crippen MR) is 25.1 cm³/mol. The van der Waals surface area contributed by atoms with Crippen LogP contribution in [0.25, 0.3) is 0 Å². The summed E-state index contributed by atoms with van der Waals surface area (Å²) in [6, 6.07) is 0. The van der Waals surface area contributed by atoms with E-state index in [0.29, 0.717) is 0 Å². The van der Waals surface area contributed by atoms with Crippen molar-refractivity contribution in [1.82, 2.24) is 0 Å². The van der Waals surface area contributed by atoms with E-state index in [9.17, 15) is 0 Å². The van der Waals surface area contributed by atoms with Crippen molar-refractivity contribution in [2.24, 2.45) is 0 Å². The summed E-state index contributed by atoms with van der Waals surface area (Å²) >= 11 is 0. The van der Waals surface area contributed by atoms with E-state index in [2.05, 4.69) is 0 Å². The molecule has 0 saturated heterocycles. The van der Waals surface area contributed by atoms with Crippen LogP contribution >= 0.6 is 0 Å². The van der Waals surface area contributed by atoms with Crippen LogP contribution in [0.15, 0.2) is 0 Å². The van der Waals surface area contributed by atoms with Crippen LogP contribution in [-0.4, -0.2) is 61.6 Å². The minimum atomic E-state index is -0.500. The van der Waals surface area contributed by atoms with Gasteiger partial charge in [0.1, 0.15) is 0 Å². The van der Waals surface area contributed by atoms with E-state index in [0.717, 1.165) is 0 Å². The third kappa shape index (κ3) is 21200. The smallest absolute Gasteiger partial charge is 0.554 e. The zero-order valence-electron chi connectivity index (χ0n) is 4.49. The molecule has 0 bridgehead atoms. The van der Waals surface area contributed by atoms with Gasteiger partial charge in [0.2, 0.25) is 0 Å². The fourth-order valence-corrected chi connectivity index (χ4v) is 0. The maximum absolute atomic E-state index is 8.25. The van der Waals surface area contributed by atoms with E-state index in [4.69, 9.17) is 19.8 Å². The van der Waals surface area contributed by atoms with Gasteiger partial charge in [-0.1, -0.05) is 0 Å². The summed E-state index contributed by atoms with van der Waals surface area (Å²) in [6.07, 6.45) is 0. The Bertz CT molecular complexity index is 32.0. The summed E-state index contributed by atoms with van der Waals surface area (Å²) in [6.45, 7) is -1.00. The molecule has 6 nitrogen and oxygen atoms in total. The first-order chi connectivity index (χ1) is 2.83. The molecule has 0 rings (SSSR count). The second-order valence-electron chi connectivity index (χ2n) is 0.192. The summed E-state index contributed by atoms with van der Waals surface area (Å²) in [5.74, 6) is 0. The van der Waals surface area contributed by atoms with Crippen molar-refractivity contribution < 1.29 is 30.8 Å². The maximum atomic E-state index is 8.25. The van der Waals surface area contributed by atoms with E-state index >= 15 is 0 Å². The van der Waals surface area contributed by atoms with Crippen molar-refractivity contribution in [3.63, 3.8) is 0 Å². The van der Waals surface area contributed by atoms with Crippen molar-refractivity contribution in [3.05, 3.63) is 0 Å². The van der Waals surface area contributed by atoms with E-state index in [1.807, 2.05) is 0 Å². The van der Waals surface area contributed by atoms with Crippen molar-refractivity contribution in [3.8, 4) is 0 Å². The molecule has 0 aromatic carbocycles. The zero-order chi connectivity index (χ0) is 5.41. The average Bonchev–Trinajstić information content (AvgIpc) is 1.39. The number of hydrogen-bond acceptors (Lipinski definition) is 4. The first kappa shape index (κ1) is 35.4. The van der Waals surface area contributed by atoms with Crippen molar-refractivity contribution >= 4 is 50.7 Å². The minimum absolute atomic E-state index is 0. The molecule has 0 aliphatic carbocycles. The Morgan fingerprint density at radius 2 is 0.889 bits per heavy atom. The molecule has 0 radical (unpaired) electrons. The van der Waals surface area contributed by atoms with Crippen molar-refractivity contribution in [1.29, 1.82) is 0 Å². The molecule has 0 atom stereocenters. The second kappa shape index (κ2) is 91.6. The van der Waals surface area contributed by atoms with Crippen LogP contribution in [0.5, 0.6) is 0 Å². The number of carbonyl (C=O) groups excluding carboxylic acids is 2. The van der Waals surface area contributed by atoms with Gasteiger partial charge < -0.3 is 30.8 Å². The molecule has 7 heteroatoms. The largest absolute Gasteiger partial charge is 2.00 e. The molecule has 9 heavy (non-hydrogen) atoms. The van der Waals surface area contributed by atoms with Crippen LogP contribution in [-0.2, 0) is 9.59 Å². The first-order valence-corrected chi connectivity index (χ1v) is 0.943. The molecule has 4 N–H and O–H groups in total. The first-order valence-electron chi connectivity index (χ1n) is 0.943. The Morgan fingerprint density at radius 3 is 0.889 bits per heavy atom. The molecule has 0 fully saturated rings. The summed E-state index contributed by atoms with van der Waals surface area (Å²) in [4.78, 5) is 16.5. The third-order valence-electron chi connectivity index (χ3n) is 0. The minimum Gasteiger partial charge on any atom is -0.554 e. The SMILES string of the molecule is O.O.O=C[O-].O=C[O-].[Ca+2]. The van der Waals surface area contributed by atoms with Crippen molar-refractivity contribution in [2.75, 3.05) is 0 Å². The Hall–Kier alpha value is 0.120. The summed E-state index contributed by atoms with van der Waals surface area (Å²) < 4.78 is 0. The molecular weight excluding hydrogens is 160 g/mol. The quantitative estimate of drug-likeness (QED) is 0.261. The van der Waals surface area contributed by atoms with Gasteiger partial charge in [-0.25, -0.2) is 0 Å². The van der Waals surface area contributed by atoms with Crippen LogP contribution in [0, 0.1) is 0 Å². The molecule has 0 aliphatic rings. The van der Waals surface area contributed by atoms with E-state index < -0.39 is 12.9 Å². The number of carboxylic acid groups (broad SMARTS) is 2. The van der Waals surface area contributed by atoms with Crippen LogP contribution in [0.1, 0.15) is 0 Å². The molecule has 0 aromatic heterocycles. The van der Waals surface area contributed by atoms with E-state index in [1.54, 1.807) is 0 Å². The Morgan fingerprint density at radius 1 is 0.889 bits per heavy atom. The summed E-state index contributed by atoms with van der Waals surface area (Å²) in [7, 11) is 0. The molecule has 0 saturated carbocycles. The zero-order valence-corrected chi connectivity index (χ0v) is 6.70. The summed E-state index contributed by atoms with van der Waals surface area (Å²) in [5.41, 5.74) is 0. The topological polar surface area (TPSA) is 143 Å². The van der Waals surface area contributed by atoms with Gasteiger partial charge in [-0.15, -0.1) is 0 Å². The summed E-state index contributed by atoms with van der Waals surface area (Å²) in [5, 5.41) is 16.5. The van der Waals surface area contributed by atoms with Gasteiger partial charge in [0, 0.05) is 12.9 Å². The molecule has 0 aliphatic heterocycles. The monoisotopic (exact) mass is 166 g/mol. The molecule has 0 heterocycles. The van der Waals surface area contributed by atoms with Gasteiger partial charge in [0.15, 0.2) is 0 Å². The van der Waals surface area contributed by atoms with Gasteiger partial charge in [-0.05, 0) is 0 Å². The number of rotatable bonds is 0. The van der Waals surface area contributed by atoms with Gasteiger partial charge in [-0.3, -0.25) is 0 Å². The van der Waals surface area contributed by atoms with Crippen LogP contribution in [0.2, 0.25) is 0 Å². The van der Waals surface area contributed by atoms with E-state index in [-0.39, 0.29) is 48.7 Å². The van der Waals surface area contributed by atoms with Crippen LogP contribution in [0.3, 0.4) is 0 Å². The normalized spacial score (nSPS) is 2.67. The Labute approximate surface area is 81.1 Å². The predicted octanol–water partition coefficient (Wildman–Crippen LogP) is -5.30. The molecule has 52 valence electrons. The molecule has 0 unspecified atom stereocenters. The van der Waals surface area contributed by atoms with E-state index in [1.165, 1.54) is 0 Å². The van der Waals surface area contributed by atoms with Gasteiger partial charge in [0.25, 0.3) is 0 Å². The van der Waals surface area contributed by atoms with Crippen LogP contribution in [0.4, 0.5) is 0 Å². The third-order valence-corrected chi connectivity index (χ3v) is 0. The molecule has 0 aromatic rings. The Kier molecular flexibility index (Phi) is 361. The van der Waals surface area contributed by atoms with Gasteiger partial charge >= 0.3 is 37.7 Å². The second-order valence-corrected chi connectivity index (χ2v) is 0.192. The fraction of sp³-hybridized carbons (Fsp3) is 0. The number of carbonyl (C=O) groups is 2. The van der Waals surface area contributed by atoms with Gasteiger partial charge in [-0.2, -0.15) is 0 Å². The standard InChI is InChI=1S/2CH2O2.Ca.2H2O/c2*2-1-3;;;/h2*1H,(H,2,3);;2*1H2/q;;+2;;/p-2. The van der Waals surface area contributed by atoms with Gasteiger partial charge in [0.05, 0.1) is 0 Å². The van der Waals surface area contributed by atoms with Crippen molar-refractivity contribution in [2.45, 2.75) is 0 Å². The molecular formula is C2H6CaO6. The fourth-order valence-electron chi connectivity index (χ4n) is 0. The maximum Gasteiger partial charge on any atom is 2.00 e. The Balaban J connectivity index is -0.00000000889. The molecule has 0 spiro atoms. The van der Waals surface area contributed by atoms with Crippen LogP contribution < -0.4 is 10.2 Å². The number of hydrogen-bond donors (Lipinski definition) is 0. The average molecular weight is 166 g/mol. The molecule has 0 amide bonds.